The molecule has 1 amide bonds. The normalized spacial score (nSPS) is 11.2. The van der Waals surface area contributed by atoms with Gasteiger partial charge in [0.25, 0.3) is 11.5 Å². The molecule has 0 saturated heterocycles. The summed E-state index contributed by atoms with van der Waals surface area (Å²) in [5.41, 5.74) is 0.283. The maximum Gasteiger partial charge on any atom is 0.332 e. The monoisotopic (exact) mass is 411 g/mol. The number of nitrogens with one attached hydrogen (secondary N) is 1. The second kappa shape index (κ2) is 8.95. The molecule has 1 N–H and O–H groups in total. The van der Waals surface area contributed by atoms with E-state index in [2.05, 4.69) is 39.2 Å². The molecule has 0 bridgehead atoms. The van der Waals surface area contributed by atoms with E-state index in [0.29, 0.717) is 17.7 Å². The van der Waals surface area contributed by atoms with Crippen molar-refractivity contribution in [1.29, 1.82) is 0 Å². The molecule has 10 nitrogen and oxygen atoms in total. The maximum absolute atomic E-state index is 12.4. The van der Waals surface area contributed by atoms with Gasteiger partial charge >= 0.3 is 5.69 Å². The summed E-state index contributed by atoms with van der Waals surface area (Å²) >= 11 is 0. The van der Waals surface area contributed by atoms with Crippen LogP contribution in [0.3, 0.4) is 0 Å². The van der Waals surface area contributed by atoms with Crippen molar-refractivity contribution in [3.8, 4) is 11.4 Å². The largest absolute Gasteiger partial charge is 0.351 e. The quantitative estimate of drug-likeness (QED) is 0.589. The van der Waals surface area contributed by atoms with Crippen molar-refractivity contribution >= 4 is 17.1 Å². The van der Waals surface area contributed by atoms with E-state index in [4.69, 9.17) is 0 Å². The summed E-state index contributed by atoms with van der Waals surface area (Å²) in [5, 5.41) is 10.9. The second-order valence-corrected chi connectivity index (χ2v) is 6.87. The Bertz CT molecular complexity index is 1180. The summed E-state index contributed by atoms with van der Waals surface area (Å²) in [5.74, 6) is 0.0851. The van der Waals surface area contributed by atoms with Crippen LogP contribution in [-0.2, 0) is 14.1 Å². The molecule has 0 aliphatic rings. The van der Waals surface area contributed by atoms with Gasteiger partial charge in [0, 0.05) is 38.3 Å². The minimum absolute atomic E-state index is 0.0582. The summed E-state index contributed by atoms with van der Waals surface area (Å²) < 4.78 is 2.21. The summed E-state index contributed by atoms with van der Waals surface area (Å²) in [4.78, 5) is 43.2. The van der Waals surface area contributed by atoms with E-state index in [1.54, 1.807) is 24.3 Å². The molecule has 0 aliphatic carbocycles. The summed E-state index contributed by atoms with van der Waals surface area (Å²) in [7, 11) is 2.90. The highest BCUT2D eigenvalue weighted by Gasteiger charge is 2.14. The molecule has 30 heavy (non-hydrogen) atoms. The number of aryl methyl sites for hydroxylation is 1. The molecule has 158 valence electrons. The summed E-state index contributed by atoms with van der Waals surface area (Å²) in [6.45, 7) is 7.43. The first-order valence-corrected chi connectivity index (χ1v) is 9.78. The lowest BCUT2D eigenvalue weighted by Crippen LogP contribution is -2.38. The van der Waals surface area contributed by atoms with E-state index in [1.807, 2.05) is 0 Å². The molecule has 3 aromatic rings. The van der Waals surface area contributed by atoms with E-state index in [1.165, 1.54) is 18.7 Å². The number of amides is 1. The third kappa shape index (κ3) is 4.13. The van der Waals surface area contributed by atoms with Crippen LogP contribution >= 0.6 is 0 Å². The fourth-order valence-corrected chi connectivity index (χ4v) is 3.11. The highest BCUT2D eigenvalue weighted by atomic mass is 16.2. The standard InChI is InChI=1S/C20H25N7O3/c1-5-27(6-2)12-11-21-18(28)14-9-7-13(8-10-14)16-22-15-17(24-23-16)25(3)20(30)26(4)19(15)29/h7-10H,5-6,11-12H2,1-4H3,(H,21,28). The Kier molecular flexibility index (Phi) is 6.36. The zero-order chi connectivity index (χ0) is 21.8. The van der Waals surface area contributed by atoms with Gasteiger partial charge in [-0.3, -0.25) is 18.7 Å². The van der Waals surface area contributed by atoms with E-state index in [0.717, 1.165) is 24.2 Å². The smallest absolute Gasteiger partial charge is 0.332 e. The van der Waals surface area contributed by atoms with E-state index >= 15 is 0 Å². The number of carbonyl (C=O) groups excluding carboxylic acids is 1. The number of aromatic nitrogens is 5. The molecule has 0 fully saturated rings. The van der Waals surface area contributed by atoms with Crippen LogP contribution in [0, 0.1) is 0 Å². The molecule has 0 aliphatic heterocycles. The second-order valence-electron chi connectivity index (χ2n) is 6.87. The minimum Gasteiger partial charge on any atom is -0.351 e. The number of fused-ring (bicyclic) bond motifs is 1. The summed E-state index contributed by atoms with van der Waals surface area (Å²) in [6, 6.07) is 6.76. The molecular weight excluding hydrogens is 386 g/mol. The molecule has 0 unspecified atom stereocenters. The van der Waals surface area contributed by atoms with Gasteiger partial charge in [-0.25, -0.2) is 9.78 Å². The van der Waals surface area contributed by atoms with Gasteiger partial charge in [-0.2, -0.15) is 0 Å². The van der Waals surface area contributed by atoms with Gasteiger partial charge in [-0.05, 0) is 25.2 Å². The Hall–Kier alpha value is -3.40. The van der Waals surface area contributed by atoms with Gasteiger partial charge < -0.3 is 10.2 Å². The number of hydrogen-bond acceptors (Lipinski definition) is 7. The van der Waals surface area contributed by atoms with Crippen LogP contribution in [0.1, 0.15) is 24.2 Å². The number of hydrogen-bond donors (Lipinski definition) is 1. The van der Waals surface area contributed by atoms with Crippen LogP contribution < -0.4 is 16.6 Å². The Morgan fingerprint density at radius 1 is 1.03 bits per heavy atom. The van der Waals surface area contributed by atoms with Crippen LogP contribution in [0.5, 0.6) is 0 Å². The molecule has 2 aromatic heterocycles. The molecule has 0 spiro atoms. The highest BCUT2D eigenvalue weighted by Crippen LogP contribution is 2.16. The molecule has 0 saturated carbocycles. The van der Waals surface area contributed by atoms with Gasteiger partial charge in [0.15, 0.2) is 17.0 Å². The fourth-order valence-electron chi connectivity index (χ4n) is 3.11. The third-order valence-corrected chi connectivity index (χ3v) is 5.08. The lowest BCUT2D eigenvalue weighted by atomic mass is 10.1. The Balaban J connectivity index is 1.81. The van der Waals surface area contributed by atoms with Gasteiger partial charge in [-0.1, -0.05) is 26.0 Å². The number of likely N-dealkylation sites (N-methyl/N-ethyl adjacent to an activating group) is 1. The minimum atomic E-state index is -0.534. The predicted molar refractivity (Wildman–Crippen MR) is 113 cm³/mol. The van der Waals surface area contributed by atoms with Crippen molar-refractivity contribution in [1.82, 2.24) is 34.5 Å². The van der Waals surface area contributed by atoms with Crippen LogP contribution in [0.4, 0.5) is 0 Å². The van der Waals surface area contributed by atoms with E-state index in [9.17, 15) is 14.4 Å². The first kappa shape index (κ1) is 21.3. The van der Waals surface area contributed by atoms with Gasteiger partial charge in [0.05, 0.1) is 0 Å². The topological polar surface area (TPSA) is 115 Å². The van der Waals surface area contributed by atoms with Crippen LogP contribution in [0.25, 0.3) is 22.6 Å². The van der Waals surface area contributed by atoms with Crippen molar-refractivity contribution in [2.24, 2.45) is 14.1 Å². The first-order valence-electron chi connectivity index (χ1n) is 9.78. The zero-order valence-electron chi connectivity index (χ0n) is 17.5. The van der Waals surface area contributed by atoms with E-state index < -0.39 is 11.2 Å². The first-order chi connectivity index (χ1) is 14.4. The average molecular weight is 411 g/mol. The number of benzene rings is 1. The van der Waals surface area contributed by atoms with E-state index in [-0.39, 0.29) is 22.9 Å². The van der Waals surface area contributed by atoms with Crippen LogP contribution in [-0.4, -0.2) is 61.3 Å². The van der Waals surface area contributed by atoms with Crippen LogP contribution in [0.15, 0.2) is 33.9 Å². The van der Waals surface area contributed by atoms with Gasteiger partial charge in [0.2, 0.25) is 0 Å². The number of carbonyl (C=O) groups is 1. The zero-order valence-corrected chi connectivity index (χ0v) is 17.5. The highest BCUT2D eigenvalue weighted by molar-refractivity contribution is 5.94. The third-order valence-electron chi connectivity index (χ3n) is 5.08. The molecule has 10 heteroatoms. The van der Waals surface area contributed by atoms with Gasteiger partial charge in [-0.15, -0.1) is 10.2 Å². The van der Waals surface area contributed by atoms with Crippen LogP contribution in [0.2, 0.25) is 0 Å². The molecule has 2 heterocycles. The lowest BCUT2D eigenvalue weighted by Gasteiger charge is -2.17. The van der Waals surface area contributed by atoms with Crippen molar-refractivity contribution < 1.29 is 4.79 Å². The van der Waals surface area contributed by atoms with Gasteiger partial charge in [0.1, 0.15) is 0 Å². The Morgan fingerprint density at radius 3 is 2.33 bits per heavy atom. The molecular formula is C20H25N7O3. The summed E-state index contributed by atoms with van der Waals surface area (Å²) in [6.07, 6.45) is 0. The number of nitrogens with zero attached hydrogens (tertiary/aromatic N) is 6. The molecule has 0 radical (unpaired) electrons. The maximum atomic E-state index is 12.4. The van der Waals surface area contributed by atoms with Crippen molar-refractivity contribution in [2.45, 2.75) is 13.8 Å². The van der Waals surface area contributed by atoms with Crippen molar-refractivity contribution in [2.75, 3.05) is 26.2 Å². The SMILES string of the molecule is CCN(CC)CCNC(=O)c1ccc(-c2nnc3c(n2)c(=O)n(C)c(=O)n3C)cc1. The molecule has 0 atom stereocenters. The molecule has 3 rings (SSSR count). The molecule has 1 aromatic carbocycles. The Morgan fingerprint density at radius 2 is 1.70 bits per heavy atom. The van der Waals surface area contributed by atoms with Crippen molar-refractivity contribution in [3.05, 3.63) is 50.7 Å². The fraction of sp³-hybridized carbons (Fsp3) is 0.400. The predicted octanol–water partition coefficient (Wildman–Crippen LogP) is 0.161. The van der Waals surface area contributed by atoms with Crippen molar-refractivity contribution in [3.63, 3.8) is 0 Å². The number of rotatable bonds is 7. The Labute approximate surface area is 173 Å². The lowest BCUT2D eigenvalue weighted by molar-refractivity contribution is 0.0949. The average Bonchev–Trinajstić information content (AvgIpc) is 2.78.